The van der Waals surface area contributed by atoms with Crippen molar-refractivity contribution in [1.29, 1.82) is 5.26 Å². The van der Waals surface area contributed by atoms with Gasteiger partial charge in [-0.25, -0.2) is 8.78 Å². The highest BCUT2D eigenvalue weighted by atomic mass is 19.1. The number of rotatable bonds is 3. The van der Waals surface area contributed by atoms with Crippen LogP contribution in [0.1, 0.15) is 24.1 Å². The van der Waals surface area contributed by atoms with Crippen LogP contribution in [0.4, 0.5) is 8.78 Å². The molecule has 0 aliphatic carbocycles. The zero-order chi connectivity index (χ0) is 14.7. The predicted molar refractivity (Wildman–Crippen MR) is 70.2 cm³/mol. The third-order valence-corrected chi connectivity index (χ3v) is 2.78. The van der Waals surface area contributed by atoms with E-state index in [4.69, 9.17) is 15.7 Å². The topological polar surface area (TPSA) is 59.0 Å². The van der Waals surface area contributed by atoms with Crippen molar-refractivity contribution in [2.75, 3.05) is 0 Å². The van der Waals surface area contributed by atoms with Crippen molar-refractivity contribution in [2.45, 2.75) is 13.0 Å². The molecule has 1 atom stereocenters. The largest absolute Gasteiger partial charge is 0.455 e. The van der Waals surface area contributed by atoms with Crippen LogP contribution < -0.4 is 10.5 Å². The van der Waals surface area contributed by atoms with E-state index in [1.807, 2.05) is 0 Å². The van der Waals surface area contributed by atoms with E-state index in [2.05, 4.69) is 0 Å². The van der Waals surface area contributed by atoms with Gasteiger partial charge >= 0.3 is 0 Å². The van der Waals surface area contributed by atoms with Crippen LogP contribution in [0.25, 0.3) is 0 Å². The fourth-order valence-electron chi connectivity index (χ4n) is 1.86. The monoisotopic (exact) mass is 274 g/mol. The Kier molecular flexibility index (Phi) is 3.97. The molecule has 2 aromatic carbocycles. The van der Waals surface area contributed by atoms with Gasteiger partial charge in [-0.2, -0.15) is 5.26 Å². The zero-order valence-corrected chi connectivity index (χ0v) is 10.7. The molecule has 0 aliphatic heterocycles. The molecule has 2 N–H and O–H groups in total. The Balaban J connectivity index is 2.49. The first-order valence-corrected chi connectivity index (χ1v) is 5.95. The molecule has 2 rings (SSSR count). The maximum atomic E-state index is 13.8. The third kappa shape index (κ3) is 2.60. The average molecular weight is 274 g/mol. The Morgan fingerprint density at radius 1 is 1.10 bits per heavy atom. The number of halogens is 2. The Labute approximate surface area is 115 Å². The maximum absolute atomic E-state index is 13.8. The highest BCUT2D eigenvalue weighted by Gasteiger charge is 2.16. The van der Waals surface area contributed by atoms with Crippen molar-refractivity contribution >= 4 is 0 Å². The van der Waals surface area contributed by atoms with Gasteiger partial charge in [-0.05, 0) is 31.2 Å². The molecule has 0 fully saturated rings. The molecule has 102 valence electrons. The minimum Gasteiger partial charge on any atom is -0.455 e. The van der Waals surface area contributed by atoms with Gasteiger partial charge in [-0.3, -0.25) is 0 Å². The molecule has 3 nitrogen and oxygen atoms in total. The molecular weight excluding hydrogens is 262 g/mol. The molecule has 20 heavy (non-hydrogen) atoms. The second-order valence-corrected chi connectivity index (χ2v) is 4.27. The summed E-state index contributed by atoms with van der Waals surface area (Å²) < 4.78 is 32.7. The van der Waals surface area contributed by atoms with Gasteiger partial charge in [0.2, 0.25) is 0 Å². The van der Waals surface area contributed by atoms with Crippen LogP contribution in [-0.2, 0) is 0 Å². The van der Waals surface area contributed by atoms with Crippen LogP contribution in [-0.4, -0.2) is 0 Å². The molecule has 0 bridgehead atoms. The molecule has 0 aliphatic rings. The second-order valence-electron chi connectivity index (χ2n) is 4.27. The van der Waals surface area contributed by atoms with Crippen molar-refractivity contribution < 1.29 is 13.5 Å². The van der Waals surface area contributed by atoms with Crippen LogP contribution in [0.5, 0.6) is 11.5 Å². The quantitative estimate of drug-likeness (QED) is 0.929. The van der Waals surface area contributed by atoms with Gasteiger partial charge in [0.25, 0.3) is 0 Å². The normalized spacial score (nSPS) is 11.8. The van der Waals surface area contributed by atoms with Gasteiger partial charge in [0.05, 0.1) is 0 Å². The number of hydrogen-bond acceptors (Lipinski definition) is 3. The van der Waals surface area contributed by atoms with Gasteiger partial charge in [0.15, 0.2) is 0 Å². The summed E-state index contributed by atoms with van der Waals surface area (Å²) in [5, 5.41) is 8.94. The van der Waals surface area contributed by atoms with Crippen LogP contribution >= 0.6 is 0 Å². The fraction of sp³-hybridized carbons (Fsp3) is 0.133. The summed E-state index contributed by atoms with van der Waals surface area (Å²) in [6, 6.07) is 9.39. The number of benzene rings is 2. The smallest absolute Gasteiger partial charge is 0.148 e. The van der Waals surface area contributed by atoms with E-state index in [1.165, 1.54) is 30.3 Å². The van der Waals surface area contributed by atoms with Crippen molar-refractivity contribution in [3.05, 3.63) is 59.2 Å². The maximum Gasteiger partial charge on any atom is 0.148 e. The average Bonchev–Trinajstić information content (AvgIpc) is 2.38. The highest BCUT2D eigenvalue weighted by molar-refractivity contribution is 5.48. The molecule has 0 radical (unpaired) electrons. The van der Waals surface area contributed by atoms with Gasteiger partial charge in [-0.1, -0.05) is 12.1 Å². The molecule has 0 aromatic heterocycles. The SMILES string of the molecule is C[C@@H](N)c1c(F)cccc1Oc1cccc(F)c1C#N. The molecule has 0 saturated carbocycles. The van der Waals surface area contributed by atoms with Crippen molar-refractivity contribution in [3.63, 3.8) is 0 Å². The summed E-state index contributed by atoms with van der Waals surface area (Å²) in [5.41, 5.74) is 5.66. The molecular formula is C15H12F2N2O. The summed E-state index contributed by atoms with van der Waals surface area (Å²) in [6.45, 7) is 1.61. The van der Waals surface area contributed by atoms with Crippen LogP contribution in [0.3, 0.4) is 0 Å². The summed E-state index contributed by atoms with van der Waals surface area (Å²) in [4.78, 5) is 0. The van der Waals surface area contributed by atoms with E-state index in [-0.39, 0.29) is 22.6 Å². The summed E-state index contributed by atoms with van der Waals surface area (Å²) in [5.74, 6) is -1.00. The van der Waals surface area contributed by atoms with Gasteiger partial charge in [0, 0.05) is 11.6 Å². The first-order chi connectivity index (χ1) is 9.54. The Morgan fingerprint density at radius 3 is 2.30 bits per heavy atom. The summed E-state index contributed by atoms with van der Waals surface area (Å²) in [6.07, 6.45) is 0. The van der Waals surface area contributed by atoms with Gasteiger partial charge in [-0.15, -0.1) is 0 Å². The van der Waals surface area contributed by atoms with Crippen molar-refractivity contribution in [2.24, 2.45) is 5.73 Å². The van der Waals surface area contributed by atoms with Crippen LogP contribution in [0.15, 0.2) is 36.4 Å². The third-order valence-electron chi connectivity index (χ3n) is 2.78. The van der Waals surface area contributed by atoms with Gasteiger partial charge in [0.1, 0.15) is 34.8 Å². The minimum atomic E-state index is -0.691. The molecule has 0 unspecified atom stereocenters. The Morgan fingerprint density at radius 2 is 1.70 bits per heavy atom. The number of hydrogen-bond donors (Lipinski definition) is 1. The molecule has 0 amide bonds. The highest BCUT2D eigenvalue weighted by Crippen LogP contribution is 2.32. The molecule has 0 spiro atoms. The van der Waals surface area contributed by atoms with E-state index in [0.717, 1.165) is 6.07 Å². The molecule has 0 saturated heterocycles. The molecule has 2 aromatic rings. The lowest BCUT2D eigenvalue weighted by atomic mass is 10.1. The minimum absolute atomic E-state index is 0.0278. The van der Waals surface area contributed by atoms with Crippen LogP contribution in [0, 0.1) is 23.0 Å². The Hall–Kier alpha value is -2.45. The number of nitriles is 1. The lowest BCUT2D eigenvalue weighted by Crippen LogP contribution is -2.09. The van der Waals surface area contributed by atoms with E-state index >= 15 is 0 Å². The van der Waals surface area contributed by atoms with E-state index in [9.17, 15) is 8.78 Å². The first-order valence-electron chi connectivity index (χ1n) is 5.95. The number of nitrogens with zero attached hydrogens (tertiary/aromatic N) is 1. The Bertz CT molecular complexity index is 678. The lowest BCUT2D eigenvalue weighted by molar-refractivity contribution is 0.455. The number of ether oxygens (including phenoxy) is 1. The summed E-state index contributed by atoms with van der Waals surface area (Å²) in [7, 11) is 0. The molecule has 5 heteroatoms. The number of nitrogens with two attached hydrogens (primary N) is 1. The lowest BCUT2D eigenvalue weighted by Gasteiger charge is -2.15. The van der Waals surface area contributed by atoms with Crippen molar-refractivity contribution in [3.8, 4) is 17.6 Å². The predicted octanol–water partition coefficient (Wildman–Crippen LogP) is 3.65. The molecule has 0 heterocycles. The van der Waals surface area contributed by atoms with E-state index in [0.29, 0.717) is 0 Å². The van der Waals surface area contributed by atoms with E-state index < -0.39 is 17.7 Å². The van der Waals surface area contributed by atoms with Crippen molar-refractivity contribution in [1.82, 2.24) is 0 Å². The van der Waals surface area contributed by atoms with Crippen LogP contribution in [0.2, 0.25) is 0 Å². The standard InChI is InChI=1S/C15H12F2N2O/c1-9(19)15-12(17)5-3-7-14(15)20-13-6-2-4-11(16)10(13)8-18/h2-7,9H,19H2,1H3/t9-/m1/s1. The van der Waals surface area contributed by atoms with E-state index in [1.54, 1.807) is 13.0 Å². The second kappa shape index (κ2) is 5.68. The van der Waals surface area contributed by atoms with Gasteiger partial charge < -0.3 is 10.5 Å². The first kappa shape index (κ1) is 14.0. The summed E-state index contributed by atoms with van der Waals surface area (Å²) >= 11 is 0. The zero-order valence-electron chi connectivity index (χ0n) is 10.7. The fourth-order valence-corrected chi connectivity index (χ4v) is 1.86.